The van der Waals surface area contributed by atoms with Crippen LogP contribution in [0.5, 0.6) is 11.5 Å². The van der Waals surface area contributed by atoms with Crippen molar-refractivity contribution in [3.63, 3.8) is 0 Å². The number of anilines is 1. The minimum atomic E-state index is -0.225. The second kappa shape index (κ2) is 7.14. The molecule has 2 aliphatic heterocycles. The zero-order valence-electron chi connectivity index (χ0n) is 15.9. The summed E-state index contributed by atoms with van der Waals surface area (Å²) < 4.78 is 11.8. The van der Waals surface area contributed by atoms with Crippen LogP contribution in [0.1, 0.15) is 25.8 Å². The summed E-state index contributed by atoms with van der Waals surface area (Å²) in [5, 5.41) is 3.49. The topological polar surface area (TPSA) is 50.8 Å². The average Bonchev–Trinajstić information content (AvgIpc) is 3.23. The lowest BCUT2D eigenvalue weighted by atomic mass is 10.0. The smallest absolute Gasteiger partial charge is 0.260 e. The van der Waals surface area contributed by atoms with Crippen molar-refractivity contribution in [3.8, 4) is 11.5 Å². The van der Waals surface area contributed by atoms with Gasteiger partial charge in [-0.2, -0.15) is 0 Å². The van der Waals surface area contributed by atoms with Gasteiger partial charge in [-0.25, -0.2) is 0 Å². The Morgan fingerprint density at radius 2 is 2.04 bits per heavy atom. The van der Waals surface area contributed by atoms with Crippen LogP contribution in [0.15, 0.2) is 48.5 Å². The monoisotopic (exact) mass is 366 g/mol. The summed E-state index contributed by atoms with van der Waals surface area (Å²) >= 11 is 0. The van der Waals surface area contributed by atoms with Crippen molar-refractivity contribution >= 4 is 11.6 Å². The molecule has 1 fully saturated rings. The number of benzene rings is 2. The van der Waals surface area contributed by atoms with Gasteiger partial charge in [0, 0.05) is 36.8 Å². The molecule has 2 aromatic rings. The van der Waals surface area contributed by atoms with Crippen LogP contribution in [-0.4, -0.2) is 42.1 Å². The molecule has 0 aromatic heterocycles. The van der Waals surface area contributed by atoms with Gasteiger partial charge in [0.1, 0.15) is 5.60 Å². The van der Waals surface area contributed by atoms with Gasteiger partial charge in [0.25, 0.3) is 5.91 Å². The summed E-state index contributed by atoms with van der Waals surface area (Å²) in [6.07, 6.45) is 1.80. The predicted octanol–water partition coefficient (Wildman–Crippen LogP) is 3.49. The maximum atomic E-state index is 12.6. The molecule has 0 saturated carbocycles. The number of para-hydroxylation sites is 2. The minimum Gasteiger partial charge on any atom is -0.483 e. The number of nitrogens with zero attached hydrogens (tertiary/aromatic N) is 1. The lowest BCUT2D eigenvalue weighted by molar-refractivity contribution is -0.132. The zero-order chi connectivity index (χ0) is 18.9. The maximum Gasteiger partial charge on any atom is 0.260 e. The number of fused-ring (bicyclic) bond motifs is 1. The molecule has 0 bridgehead atoms. The second-order valence-corrected chi connectivity index (χ2v) is 7.91. The van der Waals surface area contributed by atoms with Crippen molar-refractivity contribution in [2.45, 2.75) is 38.3 Å². The number of amides is 1. The van der Waals surface area contributed by atoms with Crippen LogP contribution in [0.4, 0.5) is 5.69 Å². The molecule has 0 aliphatic carbocycles. The van der Waals surface area contributed by atoms with Gasteiger partial charge in [-0.3, -0.25) is 4.79 Å². The van der Waals surface area contributed by atoms with Crippen molar-refractivity contribution in [1.29, 1.82) is 0 Å². The van der Waals surface area contributed by atoms with Crippen LogP contribution in [0.2, 0.25) is 0 Å². The number of carbonyl (C=O) groups excluding carboxylic acids is 1. The summed E-state index contributed by atoms with van der Waals surface area (Å²) in [5.74, 6) is 1.45. The SMILES string of the molecule is CC1(C)Cc2cccc(OCC(=O)N3CCC(Nc4ccccc4)C3)c2O1. The van der Waals surface area contributed by atoms with E-state index < -0.39 is 0 Å². The molecular weight excluding hydrogens is 340 g/mol. The molecule has 2 aliphatic rings. The largest absolute Gasteiger partial charge is 0.483 e. The Morgan fingerprint density at radius 1 is 1.22 bits per heavy atom. The van der Waals surface area contributed by atoms with E-state index in [-0.39, 0.29) is 24.2 Å². The summed E-state index contributed by atoms with van der Waals surface area (Å²) in [7, 11) is 0. The molecule has 5 heteroatoms. The number of nitrogens with one attached hydrogen (secondary N) is 1. The molecule has 1 amide bonds. The number of hydrogen-bond donors (Lipinski definition) is 1. The van der Waals surface area contributed by atoms with E-state index in [1.807, 2.05) is 47.4 Å². The van der Waals surface area contributed by atoms with Crippen LogP contribution in [0, 0.1) is 0 Å². The standard InChI is InChI=1S/C22H26N2O3/c1-22(2)13-16-7-6-10-19(21(16)27-22)26-15-20(25)24-12-11-18(14-24)23-17-8-4-3-5-9-17/h3-10,18,23H,11-15H2,1-2H3. The lowest BCUT2D eigenvalue weighted by Crippen LogP contribution is -2.35. The molecule has 2 aromatic carbocycles. The van der Waals surface area contributed by atoms with E-state index in [0.29, 0.717) is 12.3 Å². The number of likely N-dealkylation sites (tertiary alicyclic amines) is 1. The fraction of sp³-hybridized carbons (Fsp3) is 0.409. The summed E-state index contributed by atoms with van der Waals surface area (Å²) in [5.41, 5.74) is 2.00. The highest BCUT2D eigenvalue weighted by atomic mass is 16.5. The summed E-state index contributed by atoms with van der Waals surface area (Å²) in [6, 6.07) is 16.3. The van der Waals surface area contributed by atoms with Crippen LogP contribution in [0.3, 0.4) is 0 Å². The molecule has 1 atom stereocenters. The van der Waals surface area contributed by atoms with Crippen LogP contribution < -0.4 is 14.8 Å². The first-order valence-corrected chi connectivity index (χ1v) is 9.53. The van der Waals surface area contributed by atoms with E-state index >= 15 is 0 Å². The third-order valence-electron chi connectivity index (χ3n) is 5.09. The Kier molecular flexibility index (Phi) is 4.68. The molecule has 2 heterocycles. The molecule has 142 valence electrons. The Labute approximate surface area is 160 Å². The van der Waals surface area contributed by atoms with Gasteiger partial charge in [-0.05, 0) is 38.5 Å². The molecule has 4 rings (SSSR count). The first-order chi connectivity index (χ1) is 13.0. The molecule has 27 heavy (non-hydrogen) atoms. The second-order valence-electron chi connectivity index (χ2n) is 7.91. The number of hydrogen-bond acceptors (Lipinski definition) is 4. The molecule has 0 spiro atoms. The van der Waals surface area contributed by atoms with Gasteiger partial charge < -0.3 is 19.7 Å². The first kappa shape index (κ1) is 17.7. The fourth-order valence-corrected chi connectivity index (χ4v) is 3.81. The number of ether oxygens (including phenoxy) is 2. The van der Waals surface area contributed by atoms with Gasteiger partial charge in [-0.15, -0.1) is 0 Å². The first-order valence-electron chi connectivity index (χ1n) is 9.53. The zero-order valence-corrected chi connectivity index (χ0v) is 15.9. The van der Waals surface area contributed by atoms with E-state index in [1.165, 1.54) is 0 Å². The molecule has 0 radical (unpaired) electrons. The molecule has 1 N–H and O–H groups in total. The highest BCUT2D eigenvalue weighted by molar-refractivity contribution is 5.78. The van der Waals surface area contributed by atoms with Crippen molar-refractivity contribution in [3.05, 3.63) is 54.1 Å². The molecule has 1 unspecified atom stereocenters. The highest BCUT2D eigenvalue weighted by Crippen LogP contribution is 2.41. The molecular formula is C22H26N2O3. The Morgan fingerprint density at radius 3 is 2.85 bits per heavy atom. The number of rotatable bonds is 5. The van der Waals surface area contributed by atoms with E-state index in [2.05, 4.69) is 25.2 Å². The summed E-state index contributed by atoms with van der Waals surface area (Å²) in [6.45, 7) is 5.62. The minimum absolute atomic E-state index is 0.0159. The predicted molar refractivity (Wildman–Crippen MR) is 105 cm³/mol. The van der Waals surface area contributed by atoms with Crippen molar-refractivity contribution in [2.75, 3.05) is 25.0 Å². The highest BCUT2D eigenvalue weighted by Gasteiger charge is 2.33. The molecule has 1 saturated heterocycles. The number of carbonyl (C=O) groups is 1. The van der Waals surface area contributed by atoms with Crippen LogP contribution >= 0.6 is 0 Å². The summed E-state index contributed by atoms with van der Waals surface area (Å²) in [4.78, 5) is 14.4. The van der Waals surface area contributed by atoms with E-state index in [9.17, 15) is 4.79 Å². The van der Waals surface area contributed by atoms with Crippen molar-refractivity contribution < 1.29 is 14.3 Å². The third kappa shape index (κ3) is 4.02. The van der Waals surface area contributed by atoms with Gasteiger partial charge >= 0.3 is 0 Å². The Bertz CT molecular complexity index is 820. The maximum absolute atomic E-state index is 12.6. The van der Waals surface area contributed by atoms with Gasteiger partial charge in [-0.1, -0.05) is 30.3 Å². The average molecular weight is 366 g/mol. The van der Waals surface area contributed by atoms with Gasteiger partial charge in [0.2, 0.25) is 0 Å². The van der Waals surface area contributed by atoms with Crippen molar-refractivity contribution in [2.24, 2.45) is 0 Å². The third-order valence-corrected chi connectivity index (χ3v) is 5.09. The van der Waals surface area contributed by atoms with Crippen LogP contribution in [0.25, 0.3) is 0 Å². The van der Waals surface area contributed by atoms with E-state index in [0.717, 1.165) is 36.4 Å². The quantitative estimate of drug-likeness (QED) is 0.880. The Hall–Kier alpha value is -2.69. The van der Waals surface area contributed by atoms with Gasteiger partial charge in [0.15, 0.2) is 18.1 Å². The van der Waals surface area contributed by atoms with E-state index in [1.54, 1.807) is 0 Å². The lowest BCUT2D eigenvalue weighted by Gasteiger charge is -2.20. The van der Waals surface area contributed by atoms with Gasteiger partial charge in [0.05, 0.1) is 0 Å². The fourth-order valence-electron chi connectivity index (χ4n) is 3.81. The van der Waals surface area contributed by atoms with E-state index in [4.69, 9.17) is 9.47 Å². The Balaban J connectivity index is 1.32. The normalized spacial score (nSPS) is 20.1. The van der Waals surface area contributed by atoms with Crippen molar-refractivity contribution in [1.82, 2.24) is 4.90 Å². The molecule has 5 nitrogen and oxygen atoms in total. The van der Waals surface area contributed by atoms with Crippen LogP contribution in [-0.2, 0) is 11.2 Å².